The van der Waals surface area contributed by atoms with Gasteiger partial charge in [0.15, 0.2) is 4.84 Å². The molecule has 6 heteroatoms. The lowest BCUT2D eigenvalue weighted by Crippen LogP contribution is -2.55. The van der Waals surface area contributed by atoms with E-state index in [4.69, 9.17) is 27.9 Å². The Balaban J connectivity index is 2.21. The van der Waals surface area contributed by atoms with Gasteiger partial charge in [-0.2, -0.15) is 0 Å². The average molecular weight is 290 g/mol. The number of carbonyl (C=O) groups is 1. The van der Waals surface area contributed by atoms with E-state index in [2.05, 4.69) is 10.1 Å². The van der Waals surface area contributed by atoms with Crippen LogP contribution in [-0.2, 0) is 14.3 Å². The summed E-state index contributed by atoms with van der Waals surface area (Å²) in [6.45, 7) is 0.301. The van der Waals surface area contributed by atoms with Gasteiger partial charge in [0.1, 0.15) is 0 Å². The predicted molar refractivity (Wildman–Crippen MR) is 68.5 cm³/mol. The highest BCUT2D eigenvalue weighted by Crippen LogP contribution is 2.33. The number of ether oxygens (including phenoxy) is 2. The standard InChI is InChI=1S/C12H13Cl2NO3/c1-17-11(16)12(10(13)14)15-9(7-18-12)8-5-3-2-4-6-8/h2-6,9-10,15H,7H2,1H3. The third kappa shape index (κ3) is 2.34. The first-order valence-corrected chi connectivity index (χ1v) is 6.30. The summed E-state index contributed by atoms with van der Waals surface area (Å²) in [4.78, 5) is 10.7. The van der Waals surface area contributed by atoms with E-state index in [-0.39, 0.29) is 6.04 Å². The number of halogens is 2. The molecular weight excluding hydrogens is 277 g/mol. The van der Waals surface area contributed by atoms with Gasteiger partial charge in [-0.3, -0.25) is 5.32 Å². The summed E-state index contributed by atoms with van der Waals surface area (Å²) in [7, 11) is 1.27. The average Bonchev–Trinajstić information content (AvgIpc) is 2.85. The fraction of sp³-hybridized carbons (Fsp3) is 0.417. The molecule has 1 N–H and O–H groups in total. The van der Waals surface area contributed by atoms with E-state index >= 15 is 0 Å². The van der Waals surface area contributed by atoms with Crippen molar-refractivity contribution in [2.45, 2.75) is 16.6 Å². The molecule has 2 rings (SSSR count). The van der Waals surface area contributed by atoms with Gasteiger partial charge in [-0.15, -0.1) is 0 Å². The minimum absolute atomic E-state index is 0.148. The summed E-state index contributed by atoms with van der Waals surface area (Å²) in [5.41, 5.74) is -0.504. The van der Waals surface area contributed by atoms with Gasteiger partial charge >= 0.3 is 5.97 Å². The van der Waals surface area contributed by atoms with Crippen LogP contribution in [0.3, 0.4) is 0 Å². The monoisotopic (exact) mass is 289 g/mol. The minimum Gasteiger partial charge on any atom is -0.466 e. The van der Waals surface area contributed by atoms with Crippen molar-refractivity contribution in [1.82, 2.24) is 5.32 Å². The first-order chi connectivity index (χ1) is 8.60. The van der Waals surface area contributed by atoms with Crippen molar-refractivity contribution in [3.63, 3.8) is 0 Å². The largest absolute Gasteiger partial charge is 0.466 e. The van der Waals surface area contributed by atoms with Crippen LogP contribution in [0.2, 0.25) is 0 Å². The number of nitrogens with one attached hydrogen (secondary N) is 1. The highest BCUT2D eigenvalue weighted by molar-refractivity contribution is 6.46. The topological polar surface area (TPSA) is 47.6 Å². The van der Waals surface area contributed by atoms with E-state index < -0.39 is 16.5 Å². The van der Waals surface area contributed by atoms with Gasteiger partial charge < -0.3 is 9.47 Å². The van der Waals surface area contributed by atoms with Crippen LogP contribution < -0.4 is 5.32 Å². The van der Waals surface area contributed by atoms with Crippen molar-refractivity contribution >= 4 is 29.2 Å². The maximum Gasteiger partial charge on any atom is 0.356 e. The molecule has 1 aliphatic heterocycles. The van der Waals surface area contributed by atoms with Gasteiger partial charge in [0.05, 0.1) is 19.8 Å². The lowest BCUT2D eigenvalue weighted by molar-refractivity contribution is -0.164. The van der Waals surface area contributed by atoms with Crippen LogP contribution in [0.1, 0.15) is 11.6 Å². The molecule has 0 amide bonds. The second-order valence-electron chi connectivity index (χ2n) is 3.95. The highest BCUT2D eigenvalue weighted by atomic mass is 35.5. The number of rotatable bonds is 3. The molecule has 4 nitrogen and oxygen atoms in total. The van der Waals surface area contributed by atoms with Crippen LogP contribution in [-0.4, -0.2) is 30.2 Å². The normalized spacial score (nSPS) is 27.4. The van der Waals surface area contributed by atoms with Crippen LogP contribution in [0.4, 0.5) is 0 Å². The molecule has 0 aromatic heterocycles. The molecule has 1 aromatic rings. The zero-order valence-electron chi connectivity index (χ0n) is 9.73. The van der Waals surface area contributed by atoms with Crippen molar-refractivity contribution in [3.05, 3.63) is 35.9 Å². The molecule has 0 aliphatic carbocycles. The Morgan fingerprint density at radius 2 is 2.17 bits per heavy atom. The molecule has 1 heterocycles. The Bertz CT molecular complexity index is 427. The number of methoxy groups -OCH3 is 1. The van der Waals surface area contributed by atoms with Gasteiger partial charge in [0, 0.05) is 0 Å². The number of alkyl halides is 2. The van der Waals surface area contributed by atoms with Crippen LogP contribution >= 0.6 is 23.2 Å². The quantitative estimate of drug-likeness (QED) is 0.683. The van der Waals surface area contributed by atoms with Gasteiger partial charge in [0.2, 0.25) is 5.72 Å². The lowest BCUT2D eigenvalue weighted by Gasteiger charge is -2.27. The zero-order chi connectivity index (χ0) is 13.2. The lowest BCUT2D eigenvalue weighted by atomic mass is 10.1. The Hall–Kier alpha value is -0.810. The smallest absolute Gasteiger partial charge is 0.356 e. The van der Waals surface area contributed by atoms with Gasteiger partial charge in [0.25, 0.3) is 0 Å². The maximum absolute atomic E-state index is 11.8. The maximum atomic E-state index is 11.8. The third-order valence-corrected chi connectivity index (χ3v) is 3.48. The Morgan fingerprint density at radius 3 is 2.72 bits per heavy atom. The highest BCUT2D eigenvalue weighted by Gasteiger charge is 2.53. The molecule has 18 heavy (non-hydrogen) atoms. The van der Waals surface area contributed by atoms with E-state index in [0.29, 0.717) is 6.61 Å². The summed E-state index contributed by atoms with van der Waals surface area (Å²) in [6.07, 6.45) is 0. The molecule has 0 radical (unpaired) electrons. The van der Waals surface area contributed by atoms with E-state index in [0.717, 1.165) is 5.56 Å². The van der Waals surface area contributed by atoms with Crippen LogP contribution in [0.15, 0.2) is 30.3 Å². The second-order valence-corrected chi connectivity index (χ2v) is 5.04. The number of esters is 1. The molecule has 1 aliphatic rings. The SMILES string of the molecule is COC(=O)C1(C(Cl)Cl)NC(c2ccccc2)CO1. The van der Waals surface area contributed by atoms with E-state index in [1.165, 1.54) is 7.11 Å². The van der Waals surface area contributed by atoms with Gasteiger partial charge in [-0.25, -0.2) is 4.79 Å². The molecule has 0 bridgehead atoms. The van der Waals surface area contributed by atoms with Crippen molar-refractivity contribution < 1.29 is 14.3 Å². The van der Waals surface area contributed by atoms with Crippen molar-refractivity contribution in [2.75, 3.05) is 13.7 Å². The Kier molecular flexibility index (Phi) is 4.12. The summed E-state index contributed by atoms with van der Waals surface area (Å²) >= 11 is 11.7. The van der Waals surface area contributed by atoms with Crippen molar-refractivity contribution in [1.29, 1.82) is 0 Å². The molecule has 1 saturated heterocycles. The zero-order valence-corrected chi connectivity index (χ0v) is 11.2. The molecular formula is C12H13Cl2NO3. The predicted octanol–water partition coefficient (Wildman–Crippen LogP) is 2.02. The molecule has 0 spiro atoms. The number of hydrogen-bond acceptors (Lipinski definition) is 4. The van der Waals surface area contributed by atoms with Crippen molar-refractivity contribution in [2.24, 2.45) is 0 Å². The summed E-state index contributed by atoms with van der Waals surface area (Å²) < 4.78 is 10.2. The van der Waals surface area contributed by atoms with Crippen LogP contribution in [0.25, 0.3) is 0 Å². The molecule has 1 aromatic carbocycles. The molecule has 2 unspecified atom stereocenters. The third-order valence-electron chi connectivity index (χ3n) is 2.86. The Labute approximate surface area is 115 Å². The summed E-state index contributed by atoms with van der Waals surface area (Å²) in [5.74, 6) is -0.629. The molecule has 2 atom stereocenters. The van der Waals surface area contributed by atoms with Crippen LogP contribution in [0.5, 0.6) is 0 Å². The molecule has 98 valence electrons. The minimum atomic E-state index is -1.50. The van der Waals surface area contributed by atoms with E-state index in [9.17, 15) is 4.79 Å². The van der Waals surface area contributed by atoms with Gasteiger partial charge in [-0.1, -0.05) is 53.5 Å². The Morgan fingerprint density at radius 1 is 1.50 bits per heavy atom. The molecule has 0 saturated carbocycles. The fourth-order valence-corrected chi connectivity index (χ4v) is 2.34. The molecule has 1 fully saturated rings. The van der Waals surface area contributed by atoms with E-state index in [1.54, 1.807) is 0 Å². The first kappa shape index (κ1) is 13.6. The summed E-state index contributed by atoms with van der Waals surface area (Å²) in [6, 6.07) is 9.46. The fourth-order valence-electron chi connectivity index (χ4n) is 1.91. The second kappa shape index (κ2) is 5.45. The summed E-state index contributed by atoms with van der Waals surface area (Å²) in [5, 5.41) is 3.01. The first-order valence-electron chi connectivity index (χ1n) is 5.43. The van der Waals surface area contributed by atoms with E-state index in [1.807, 2.05) is 30.3 Å². The number of carbonyl (C=O) groups excluding carboxylic acids is 1. The number of benzene rings is 1. The van der Waals surface area contributed by atoms with Gasteiger partial charge in [-0.05, 0) is 5.56 Å². The van der Waals surface area contributed by atoms with Crippen molar-refractivity contribution in [3.8, 4) is 0 Å². The van der Waals surface area contributed by atoms with Crippen LogP contribution in [0, 0.1) is 0 Å². The number of hydrogen-bond donors (Lipinski definition) is 1.